The van der Waals surface area contributed by atoms with Crippen molar-refractivity contribution < 1.29 is 14.7 Å². The normalized spacial score (nSPS) is 18.6. The van der Waals surface area contributed by atoms with Crippen LogP contribution in [0.3, 0.4) is 0 Å². The number of aryl methyl sites for hydroxylation is 2. The molecule has 2 atom stereocenters. The third kappa shape index (κ3) is 5.33. The fourth-order valence-corrected chi connectivity index (χ4v) is 3.38. The van der Waals surface area contributed by atoms with Crippen molar-refractivity contribution in [3.8, 4) is 0 Å². The quantitative estimate of drug-likeness (QED) is 0.567. The van der Waals surface area contributed by atoms with Crippen molar-refractivity contribution in [2.45, 2.75) is 32.7 Å². The van der Waals surface area contributed by atoms with Gasteiger partial charge in [0.05, 0.1) is 5.92 Å². The Morgan fingerprint density at radius 3 is 2.11 bits per heavy atom. The summed E-state index contributed by atoms with van der Waals surface area (Å²) in [6.07, 6.45) is 1.44. The second-order valence-corrected chi connectivity index (χ2v) is 7.08. The fraction of sp³-hybridized carbons (Fsp3) is 0.364. The maximum atomic E-state index is 11.0. The Bertz CT molecular complexity index is 783. The van der Waals surface area contributed by atoms with Crippen molar-refractivity contribution in [2.75, 3.05) is 13.2 Å². The molecule has 1 saturated heterocycles. The number of carboxylic acid groups (broad SMARTS) is 1. The van der Waals surface area contributed by atoms with Gasteiger partial charge in [-0.25, -0.2) is 0 Å². The van der Waals surface area contributed by atoms with Gasteiger partial charge < -0.3 is 15.3 Å². The Kier molecular flexibility index (Phi) is 8.03. The van der Waals surface area contributed by atoms with Crippen LogP contribution in [0.5, 0.6) is 0 Å². The number of hydrogen-bond acceptors (Lipinski definition) is 4. The van der Waals surface area contributed by atoms with Crippen molar-refractivity contribution in [2.24, 2.45) is 11.1 Å². The highest BCUT2D eigenvalue weighted by molar-refractivity contribution is 6.14. The van der Waals surface area contributed by atoms with Crippen molar-refractivity contribution in [1.29, 1.82) is 0 Å². The molecule has 0 spiro atoms. The largest absolute Gasteiger partial charge is 0.481 e. The summed E-state index contributed by atoms with van der Waals surface area (Å²) in [5, 5.41) is 16.8. The van der Waals surface area contributed by atoms with Gasteiger partial charge in [0.1, 0.15) is 12.3 Å². The average molecular weight is 403 g/mol. The zero-order valence-corrected chi connectivity index (χ0v) is 17.0. The highest BCUT2D eigenvalue weighted by Gasteiger charge is 2.25. The summed E-state index contributed by atoms with van der Waals surface area (Å²) in [5.74, 6) is -1.04. The predicted octanol–water partition coefficient (Wildman–Crippen LogP) is 3.95. The molecule has 0 bridgehead atoms. The van der Waals surface area contributed by atoms with E-state index < -0.39 is 5.97 Å². The molecule has 0 unspecified atom stereocenters. The molecule has 1 aliphatic heterocycles. The number of carboxylic acids is 1. The van der Waals surface area contributed by atoms with E-state index in [-0.39, 0.29) is 24.4 Å². The summed E-state index contributed by atoms with van der Waals surface area (Å²) in [7, 11) is 0. The van der Waals surface area contributed by atoms with Gasteiger partial charge in [0.15, 0.2) is 0 Å². The van der Waals surface area contributed by atoms with Gasteiger partial charge in [-0.2, -0.15) is 0 Å². The van der Waals surface area contributed by atoms with Gasteiger partial charge >= 0.3 is 5.97 Å². The van der Waals surface area contributed by atoms with Crippen molar-refractivity contribution in [1.82, 2.24) is 5.32 Å². The molecule has 0 amide bonds. The van der Waals surface area contributed by atoms with Gasteiger partial charge in [-0.05, 0) is 37.8 Å². The standard InChI is InChI=1S/C22H26N2O3.ClH/c1-15-7-3-5-9-19(15)21(20-10-6-4-8-16(20)2)24-27-14-18-12-11-17(13-23-18)22(25)26;/h3-10,17-18,23H,11-14H2,1-2H3,(H,25,26);1H/t17-,18+;/m1./s1. The smallest absolute Gasteiger partial charge is 0.307 e. The van der Waals surface area contributed by atoms with Crippen LogP contribution in [0.1, 0.15) is 35.1 Å². The lowest BCUT2D eigenvalue weighted by Crippen LogP contribution is -2.43. The van der Waals surface area contributed by atoms with E-state index in [1.54, 1.807) is 0 Å². The first-order valence-corrected chi connectivity index (χ1v) is 9.34. The summed E-state index contributed by atoms with van der Waals surface area (Å²) in [6.45, 7) is 5.04. The zero-order valence-electron chi connectivity index (χ0n) is 16.2. The average Bonchev–Trinajstić information content (AvgIpc) is 2.67. The van der Waals surface area contributed by atoms with Crippen LogP contribution in [0, 0.1) is 19.8 Å². The molecule has 0 saturated carbocycles. The van der Waals surface area contributed by atoms with Crippen LogP contribution < -0.4 is 5.32 Å². The number of hydrogen-bond donors (Lipinski definition) is 2. The van der Waals surface area contributed by atoms with Crippen LogP contribution in [0.4, 0.5) is 0 Å². The molecular weight excluding hydrogens is 376 g/mol. The van der Waals surface area contributed by atoms with Crippen molar-refractivity contribution in [3.63, 3.8) is 0 Å². The van der Waals surface area contributed by atoms with E-state index in [0.29, 0.717) is 19.6 Å². The number of oxime groups is 1. The van der Waals surface area contributed by atoms with Crippen LogP contribution in [0.25, 0.3) is 0 Å². The number of piperidine rings is 1. The van der Waals surface area contributed by atoms with Gasteiger partial charge in [-0.3, -0.25) is 4.79 Å². The Hall–Kier alpha value is -2.37. The molecular formula is C22H27ClN2O3. The highest BCUT2D eigenvalue weighted by atomic mass is 35.5. The monoisotopic (exact) mass is 402 g/mol. The van der Waals surface area contributed by atoms with Crippen molar-refractivity contribution >= 4 is 24.1 Å². The summed E-state index contributed by atoms with van der Waals surface area (Å²) in [6, 6.07) is 16.4. The maximum Gasteiger partial charge on any atom is 0.307 e. The number of rotatable bonds is 6. The lowest BCUT2D eigenvalue weighted by molar-refractivity contribution is -0.142. The van der Waals surface area contributed by atoms with E-state index in [4.69, 9.17) is 9.94 Å². The number of nitrogens with one attached hydrogen (secondary N) is 1. The minimum Gasteiger partial charge on any atom is -0.481 e. The summed E-state index contributed by atoms with van der Waals surface area (Å²) >= 11 is 0. The number of carbonyl (C=O) groups is 1. The van der Waals surface area contributed by atoms with Gasteiger partial charge in [0.25, 0.3) is 0 Å². The molecule has 1 heterocycles. The topological polar surface area (TPSA) is 70.9 Å². The molecule has 0 aromatic heterocycles. The third-order valence-corrected chi connectivity index (χ3v) is 5.10. The van der Waals surface area contributed by atoms with Crippen molar-refractivity contribution in [3.05, 3.63) is 70.8 Å². The summed E-state index contributed by atoms with van der Waals surface area (Å²) in [4.78, 5) is 16.8. The molecule has 150 valence electrons. The number of halogens is 1. The number of benzene rings is 2. The first-order valence-electron chi connectivity index (χ1n) is 9.34. The van der Waals surface area contributed by atoms with Crippen LogP contribution >= 0.6 is 12.4 Å². The fourth-order valence-electron chi connectivity index (χ4n) is 3.38. The Labute approximate surface area is 172 Å². The van der Waals surface area contributed by atoms with Crippen LogP contribution in [0.15, 0.2) is 53.7 Å². The second-order valence-electron chi connectivity index (χ2n) is 7.08. The van der Waals surface area contributed by atoms with E-state index in [1.807, 2.05) is 24.3 Å². The van der Waals surface area contributed by atoms with Crippen LogP contribution in [-0.2, 0) is 9.63 Å². The Morgan fingerprint density at radius 2 is 1.64 bits per heavy atom. The van der Waals surface area contributed by atoms with Gasteiger partial charge in [0.2, 0.25) is 0 Å². The maximum absolute atomic E-state index is 11.0. The molecule has 28 heavy (non-hydrogen) atoms. The molecule has 3 rings (SSSR count). The molecule has 1 aliphatic rings. The minimum absolute atomic E-state index is 0. The lowest BCUT2D eigenvalue weighted by Gasteiger charge is -2.26. The molecule has 2 N–H and O–H groups in total. The van der Waals surface area contributed by atoms with Crippen LogP contribution in [0.2, 0.25) is 0 Å². The summed E-state index contributed by atoms with van der Waals surface area (Å²) in [5.41, 5.74) is 5.21. The van der Waals surface area contributed by atoms with Crippen LogP contribution in [-0.4, -0.2) is 36.0 Å². The Balaban J connectivity index is 0.00000280. The van der Waals surface area contributed by atoms with E-state index in [2.05, 4.69) is 48.6 Å². The predicted molar refractivity (Wildman–Crippen MR) is 113 cm³/mol. The molecule has 1 fully saturated rings. The molecule has 2 aromatic carbocycles. The van der Waals surface area contributed by atoms with Gasteiger partial charge in [-0.1, -0.05) is 53.7 Å². The molecule has 5 nitrogen and oxygen atoms in total. The lowest BCUT2D eigenvalue weighted by atomic mass is 9.95. The molecule has 6 heteroatoms. The number of nitrogens with zero attached hydrogens (tertiary/aromatic N) is 1. The molecule has 0 radical (unpaired) electrons. The number of aliphatic carboxylic acids is 1. The first-order chi connectivity index (χ1) is 13.1. The van der Waals surface area contributed by atoms with Gasteiger partial charge in [0, 0.05) is 23.7 Å². The second kappa shape index (κ2) is 10.2. The molecule has 0 aliphatic carbocycles. The SMILES string of the molecule is Cc1ccccc1C(=NOC[C@@H]1CC[C@@H](C(=O)O)CN1)c1ccccc1C.Cl. The first kappa shape index (κ1) is 21.9. The van der Waals surface area contributed by atoms with E-state index in [0.717, 1.165) is 34.4 Å². The van der Waals surface area contributed by atoms with E-state index >= 15 is 0 Å². The zero-order chi connectivity index (χ0) is 19.2. The third-order valence-electron chi connectivity index (χ3n) is 5.10. The highest BCUT2D eigenvalue weighted by Crippen LogP contribution is 2.19. The van der Waals surface area contributed by atoms with Gasteiger partial charge in [-0.15, -0.1) is 12.4 Å². The molecule has 2 aromatic rings. The van der Waals surface area contributed by atoms with E-state index in [9.17, 15) is 4.79 Å². The Morgan fingerprint density at radius 1 is 1.07 bits per heavy atom. The summed E-state index contributed by atoms with van der Waals surface area (Å²) < 4.78 is 0. The van der Waals surface area contributed by atoms with E-state index in [1.165, 1.54) is 0 Å². The minimum atomic E-state index is -0.735.